The van der Waals surface area contributed by atoms with Gasteiger partial charge in [0.2, 0.25) is 0 Å². The monoisotopic (exact) mass is 232 g/mol. The lowest BCUT2D eigenvalue weighted by Crippen LogP contribution is -2.40. The van der Waals surface area contributed by atoms with Gasteiger partial charge in [-0.05, 0) is 26.5 Å². The minimum Gasteiger partial charge on any atom is -0.444 e. The summed E-state index contributed by atoms with van der Waals surface area (Å²) in [6, 6.07) is 0.199. The van der Waals surface area contributed by atoms with E-state index < -0.39 is 5.60 Å². The summed E-state index contributed by atoms with van der Waals surface area (Å²) in [6.45, 7) is 6.17. The van der Waals surface area contributed by atoms with Gasteiger partial charge in [0.1, 0.15) is 5.60 Å². The first-order valence-electron chi connectivity index (χ1n) is 5.18. The third kappa shape index (κ3) is 4.75. The van der Waals surface area contributed by atoms with E-state index in [0.29, 0.717) is 12.5 Å². The summed E-state index contributed by atoms with van der Waals surface area (Å²) in [5, 5.41) is 2.76. The smallest absolute Gasteiger partial charge is 0.407 e. The lowest BCUT2D eigenvalue weighted by Gasteiger charge is -2.21. The van der Waals surface area contributed by atoms with Crippen molar-refractivity contribution in [3.8, 4) is 0 Å². The molecular weight excluding hydrogens is 212 g/mol. The summed E-state index contributed by atoms with van der Waals surface area (Å²) in [5.41, 5.74) is 5.45. The van der Waals surface area contributed by atoms with Crippen LogP contribution in [0.3, 0.4) is 0 Å². The minimum atomic E-state index is -0.434. The molecule has 0 aromatic rings. The van der Waals surface area contributed by atoms with Crippen LogP contribution >= 0.6 is 11.8 Å². The van der Waals surface area contributed by atoms with Crippen LogP contribution in [0.2, 0.25) is 0 Å². The third-order valence-electron chi connectivity index (χ3n) is 2.16. The number of alkyl carbamates (subject to hydrolysis) is 1. The van der Waals surface area contributed by atoms with E-state index in [0.717, 1.165) is 11.5 Å². The summed E-state index contributed by atoms with van der Waals surface area (Å²) in [4.78, 5) is 11.3. The number of carbonyl (C=O) groups excluding carboxylic acids is 1. The number of ether oxygens (including phenoxy) is 1. The number of thioether (sulfide) groups is 1. The van der Waals surface area contributed by atoms with Crippen molar-refractivity contribution in [2.45, 2.75) is 32.4 Å². The number of rotatable bonds is 2. The van der Waals surface area contributed by atoms with Gasteiger partial charge in [-0.25, -0.2) is 4.79 Å². The molecule has 0 aromatic heterocycles. The first-order chi connectivity index (χ1) is 6.88. The fourth-order valence-corrected chi connectivity index (χ4v) is 2.70. The minimum absolute atomic E-state index is 0.199. The molecule has 3 N–H and O–H groups in total. The van der Waals surface area contributed by atoms with Gasteiger partial charge in [-0.15, -0.1) is 0 Å². The average Bonchev–Trinajstić information content (AvgIpc) is 2.44. The van der Waals surface area contributed by atoms with E-state index in [2.05, 4.69) is 5.32 Å². The van der Waals surface area contributed by atoms with Gasteiger partial charge >= 0.3 is 6.09 Å². The Hall–Kier alpha value is -0.420. The predicted octanol–water partition coefficient (Wildman–Crippen LogP) is 1.20. The molecule has 15 heavy (non-hydrogen) atoms. The molecule has 1 aliphatic rings. The highest BCUT2D eigenvalue weighted by Crippen LogP contribution is 2.21. The molecule has 5 heteroatoms. The number of hydrogen-bond donors (Lipinski definition) is 2. The van der Waals surface area contributed by atoms with Gasteiger partial charge in [-0.2, -0.15) is 11.8 Å². The number of nitrogens with one attached hydrogen (secondary N) is 1. The highest BCUT2D eigenvalue weighted by atomic mass is 32.2. The van der Waals surface area contributed by atoms with Crippen LogP contribution in [0.5, 0.6) is 0 Å². The maximum atomic E-state index is 11.3. The Labute approximate surface area is 95.3 Å². The van der Waals surface area contributed by atoms with Crippen LogP contribution in [0, 0.1) is 5.92 Å². The van der Waals surface area contributed by atoms with Crippen molar-refractivity contribution in [3.05, 3.63) is 0 Å². The summed E-state index contributed by atoms with van der Waals surface area (Å²) in [6.07, 6.45) is -0.355. The van der Waals surface area contributed by atoms with E-state index in [1.165, 1.54) is 0 Å². The van der Waals surface area contributed by atoms with E-state index in [1.807, 2.05) is 32.5 Å². The van der Waals surface area contributed by atoms with Gasteiger partial charge in [-0.3, -0.25) is 0 Å². The van der Waals surface area contributed by atoms with Crippen LogP contribution in [0.4, 0.5) is 4.79 Å². The largest absolute Gasteiger partial charge is 0.444 e. The van der Waals surface area contributed by atoms with Gasteiger partial charge in [0.05, 0.1) is 0 Å². The molecule has 1 saturated heterocycles. The lowest BCUT2D eigenvalue weighted by atomic mass is 10.1. The van der Waals surface area contributed by atoms with E-state index in [-0.39, 0.29) is 12.1 Å². The fourth-order valence-electron chi connectivity index (χ4n) is 1.35. The molecule has 1 rings (SSSR count). The van der Waals surface area contributed by atoms with Crippen molar-refractivity contribution in [2.75, 3.05) is 18.1 Å². The molecule has 4 nitrogen and oxygen atoms in total. The molecule has 0 aromatic carbocycles. The first kappa shape index (κ1) is 12.6. The fraction of sp³-hybridized carbons (Fsp3) is 0.900. The molecule has 88 valence electrons. The van der Waals surface area contributed by atoms with Crippen molar-refractivity contribution in [2.24, 2.45) is 11.7 Å². The van der Waals surface area contributed by atoms with Crippen molar-refractivity contribution in [3.63, 3.8) is 0 Å². The first-order valence-corrected chi connectivity index (χ1v) is 6.34. The summed E-state index contributed by atoms with van der Waals surface area (Å²) >= 11 is 1.84. The normalized spacial score (nSPS) is 26.4. The molecule has 1 aliphatic heterocycles. The van der Waals surface area contributed by atoms with Crippen LogP contribution in [0.15, 0.2) is 0 Å². The molecule has 1 heterocycles. The number of carbonyl (C=O) groups is 1. The van der Waals surface area contributed by atoms with Gasteiger partial charge in [0.25, 0.3) is 0 Å². The third-order valence-corrected chi connectivity index (χ3v) is 3.44. The molecule has 0 bridgehead atoms. The summed E-state index contributed by atoms with van der Waals surface area (Å²) in [5.74, 6) is 2.39. The van der Waals surface area contributed by atoms with Gasteiger partial charge in [-0.1, -0.05) is 0 Å². The standard InChI is InChI=1S/C10H20N2O2S/c1-10(2,3)14-9(13)12-4-7-5-15-6-8(7)11/h7-8H,4-6,11H2,1-3H3,(H,12,13)/t7-,8+/m1/s1. The Morgan fingerprint density at radius 3 is 2.67 bits per heavy atom. The SMILES string of the molecule is CC(C)(C)OC(=O)NC[C@@H]1CSC[C@@H]1N. The molecule has 0 unspecified atom stereocenters. The van der Waals surface area contributed by atoms with Gasteiger partial charge < -0.3 is 15.8 Å². The molecule has 1 fully saturated rings. The van der Waals surface area contributed by atoms with Gasteiger partial charge in [0.15, 0.2) is 0 Å². The van der Waals surface area contributed by atoms with E-state index in [1.54, 1.807) is 0 Å². The second-order valence-electron chi connectivity index (χ2n) is 4.84. The van der Waals surface area contributed by atoms with Crippen LogP contribution < -0.4 is 11.1 Å². The number of hydrogen-bond acceptors (Lipinski definition) is 4. The zero-order valence-electron chi connectivity index (χ0n) is 9.58. The summed E-state index contributed by atoms with van der Waals surface area (Å²) < 4.78 is 5.14. The molecule has 0 radical (unpaired) electrons. The Kier molecular flexibility index (Phi) is 4.28. The van der Waals surface area contributed by atoms with E-state index in [4.69, 9.17) is 10.5 Å². The van der Waals surface area contributed by atoms with Crippen LogP contribution in [-0.2, 0) is 4.74 Å². The molecule has 0 spiro atoms. The van der Waals surface area contributed by atoms with Crippen molar-refractivity contribution in [1.82, 2.24) is 5.32 Å². The van der Waals surface area contributed by atoms with E-state index in [9.17, 15) is 4.79 Å². The predicted molar refractivity (Wildman–Crippen MR) is 63.0 cm³/mol. The van der Waals surface area contributed by atoms with Crippen molar-refractivity contribution in [1.29, 1.82) is 0 Å². The Morgan fingerprint density at radius 1 is 1.53 bits per heavy atom. The van der Waals surface area contributed by atoms with Crippen LogP contribution in [0.1, 0.15) is 20.8 Å². The van der Waals surface area contributed by atoms with Gasteiger partial charge in [0, 0.05) is 24.3 Å². The molecule has 2 atom stereocenters. The van der Waals surface area contributed by atoms with E-state index >= 15 is 0 Å². The second kappa shape index (κ2) is 5.07. The second-order valence-corrected chi connectivity index (χ2v) is 5.92. The Bertz CT molecular complexity index is 228. The maximum Gasteiger partial charge on any atom is 0.407 e. The van der Waals surface area contributed by atoms with Crippen molar-refractivity contribution < 1.29 is 9.53 Å². The Morgan fingerprint density at radius 2 is 2.20 bits per heavy atom. The topological polar surface area (TPSA) is 64.3 Å². The average molecular weight is 232 g/mol. The summed E-state index contributed by atoms with van der Waals surface area (Å²) in [7, 11) is 0. The molecule has 0 aliphatic carbocycles. The zero-order valence-corrected chi connectivity index (χ0v) is 10.4. The number of nitrogens with two attached hydrogens (primary N) is 1. The molecule has 0 saturated carbocycles. The maximum absolute atomic E-state index is 11.3. The zero-order chi connectivity index (χ0) is 11.5. The molecule has 1 amide bonds. The lowest BCUT2D eigenvalue weighted by molar-refractivity contribution is 0.0520. The van der Waals surface area contributed by atoms with Crippen LogP contribution in [0.25, 0.3) is 0 Å². The molecular formula is C10H20N2O2S. The Balaban J connectivity index is 2.22. The highest BCUT2D eigenvalue weighted by Gasteiger charge is 2.25. The number of amides is 1. The van der Waals surface area contributed by atoms with Crippen molar-refractivity contribution >= 4 is 17.9 Å². The highest BCUT2D eigenvalue weighted by molar-refractivity contribution is 7.99. The quantitative estimate of drug-likeness (QED) is 0.751. The van der Waals surface area contributed by atoms with Crippen LogP contribution in [-0.4, -0.2) is 35.8 Å².